The van der Waals surface area contributed by atoms with E-state index >= 15 is 0 Å². The fourth-order valence-corrected chi connectivity index (χ4v) is 3.79. The molecule has 0 aliphatic carbocycles. The zero-order valence-corrected chi connectivity index (χ0v) is 18.2. The molecule has 0 aromatic heterocycles. The molecule has 0 saturated heterocycles. The van der Waals surface area contributed by atoms with Crippen LogP contribution in [0.5, 0.6) is 11.5 Å². The van der Waals surface area contributed by atoms with Gasteiger partial charge in [-0.05, 0) is 37.3 Å². The third kappa shape index (κ3) is 4.41. The SMILES string of the molecule is CCN1CCN=C(c2cccc(C#Cc3ccccc3)c2)c2cc(OC)c(OC)cc21. The van der Waals surface area contributed by atoms with Crippen LogP contribution in [0, 0.1) is 11.8 Å². The van der Waals surface area contributed by atoms with Crippen LogP contribution in [-0.2, 0) is 0 Å². The maximum Gasteiger partial charge on any atom is 0.162 e. The van der Waals surface area contributed by atoms with E-state index in [0.717, 1.165) is 59.0 Å². The van der Waals surface area contributed by atoms with Crippen molar-refractivity contribution in [3.8, 4) is 23.3 Å². The molecule has 3 aromatic carbocycles. The van der Waals surface area contributed by atoms with Gasteiger partial charge in [-0.1, -0.05) is 42.2 Å². The molecule has 0 unspecified atom stereocenters. The van der Waals surface area contributed by atoms with Crippen LogP contribution in [0.15, 0.2) is 71.7 Å². The quantitative estimate of drug-likeness (QED) is 0.581. The first-order valence-corrected chi connectivity index (χ1v) is 10.5. The van der Waals surface area contributed by atoms with Crippen molar-refractivity contribution in [1.82, 2.24) is 0 Å². The number of anilines is 1. The van der Waals surface area contributed by atoms with Crippen LogP contribution < -0.4 is 14.4 Å². The Morgan fingerprint density at radius 3 is 2.32 bits per heavy atom. The molecule has 0 fully saturated rings. The molecule has 0 N–H and O–H groups in total. The van der Waals surface area contributed by atoms with Crippen molar-refractivity contribution in [3.05, 3.63) is 89.0 Å². The maximum atomic E-state index is 5.59. The van der Waals surface area contributed by atoms with Gasteiger partial charge in [0.15, 0.2) is 11.5 Å². The van der Waals surface area contributed by atoms with Gasteiger partial charge in [0.1, 0.15) is 0 Å². The van der Waals surface area contributed by atoms with E-state index in [1.165, 1.54) is 0 Å². The van der Waals surface area contributed by atoms with Crippen LogP contribution in [0.3, 0.4) is 0 Å². The van der Waals surface area contributed by atoms with E-state index in [1.54, 1.807) is 14.2 Å². The third-order valence-corrected chi connectivity index (χ3v) is 5.38. The van der Waals surface area contributed by atoms with E-state index < -0.39 is 0 Å². The Labute approximate surface area is 184 Å². The fraction of sp³-hybridized carbons (Fsp3) is 0.222. The fourth-order valence-electron chi connectivity index (χ4n) is 3.79. The lowest BCUT2D eigenvalue weighted by Gasteiger charge is -2.24. The van der Waals surface area contributed by atoms with Gasteiger partial charge < -0.3 is 14.4 Å². The number of rotatable bonds is 4. The number of aliphatic imine (C=N–C) groups is 1. The highest BCUT2D eigenvalue weighted by Gasteiger charge is 2.22. The monoisotopic (exact) mass is 410 g/mol. The lowest BCUT2D eigenvalue weighted by Crippen LogP contribution is -2.25. The molecule has 0 bridgehead atoms. The molecule has 0 spiro atoms. The Morgan fingerprint density at radius 1 is 0.871 bits per heavy atom. The van der Waals surface area contributed by atoms with Gasteiger partial charge in [0.25, 0.3) is 0 Å². The highest BCUT2D eigenvalue weighted by molar-refractivity contribution is 6.17. The number of benzodiazepines with no additional fused rings is 1. The first-order chi connectivity index (χ1) is 15.2. The van der Waals surface area contributed by atoms with E-state index in [2.05, 4.69) is 41.9 Å². The Hall–Kier alpha value is -3.71. The molecule has 1 aliphatic heterocycles. The number of methoxy groups -OCH3 is 2. The minimum Gasteiger partial charge on any atom is -0.493 e. The first kappa shape index (κ1) is 20.6. The summed E-state index contributed by atoms with van der Waals surface area (Å²) in [5.41, 5.74) is 6.12. The predicted molar refractivity (Wildman–Crippen MR) is 127 cm³/mol. The van der Waals surface area contributed by atoms with E-state index in [-0.39, 0.29) is 0 Å². The Morgan fingerprint density at radius 2 is 1.58 bits per heavy atom. The lowest BCUT2D eigenvalue weighted by atomic mass is 9.98. The normalized spacial score (nSPS) is 12.7. The molecule has 4 rings (SSSR count). The van der Waals surface area contributed by atoms with Gasteiger partial charge in [0.05, 0.1) is 32.2 Å². The second-order valence-electron chi connectivity index (χ2n) is 7.23. The molecule has 0 atom stereocenters. The van der Waals surface area contributed by atoms with Crippen LogP contribution in [-0.4, -0.2) is 39.6 Å². The van der Waals surface area contributed by atoms with Crippen molar-refractivity contribution < 1.29 is 9.47 Å². The molecule has 156 valence electrons. The second kappa shape index (κ2) is 9.40. The van der Waals surface area contributed by atoms with Gasteiger partial charge in [0.2, 0.25) is 0 Å². The van der Waals surface area contributed by atoms with Crippen molar-refractivity contribution in [2.75, 3.05) is 38.8 Å². The van der Waals surface area contributed by atoms with Gasteiger partial charge in [-0.25, -0.2) is 0 Å². The molecule has 4 heteroatoms. The predicted octanol–water partition coefficient (Wildman–Crippen LogP) is 4.78. The molecule has 1 heterocycles. The van der Waals surface area contributed by atoms with Gasteiger partial charge in [-0.15, -0.1) is 0 Å². The molecular weight excluding hydrogens is 384 g/mol. The summed E-state index contributed by atoms with van der Waals surface area (Å²) in [5.74, 6) is 7.94. The summed E-state index contributed by atoms with van der Waals surface area (Å²) < 4.78 is 11.1. The van der Waals surface area contributed by atoms with Crippen molar-refractivity contribution >= 4 is 11.4 Å². The van der Waals surface area contributed by atoms with Gasteiger partial charge >= 0.3 is 0 Å². The standard InChI is InChI=1S/C27H26N2O2/c1-4-29-16-15-28-27(23-18-25(30-2)26(31-3)19-24(23)29)22-12-8-11-21(17-22)14-13-20-9-6-5-7-10-20/h5-12,17-19H,4,15-16H2,1-3H3. The highest BCUT2D eigenvalue weighted by atomic mass is 16.5. The number of benzene rings is 3. The minimum absolute atomic E-state index is 0.701. The van der Waals surface area contributed by atoms with Gasteiger partial charge in [0, 0.05) is 41.4 Å². The zero-order chi connectivity index (χ0) is 21.6. The molecule has 4 nitrogen and oxygen atoms in total. The summed E-state index contributed by atoms with van der Waals surface area (Å²) in [6.45, 7) is 4.64. The van der Waals surface area contributed by atoms with Crippen LogP contribution >= 0.6 is 0 Å². The van der Waals surface area contributed by atoms with Crippen molar-refractivity contribution in [2.24, 2.45) is 4.99 Å². The number of nitrogens with zero attached hydrogens (tertiary/aromatic N) is 2. The lowest BCUT2D eigenvalue weighted by molar-refractivity contribution is 0.355. The summed E-state index contributed by atoms with van der Waals surface area (Å²) >= 11 is 0. The van der Waals surface area contributed by atoms with Crippen LogP contribution in [0.4, 0.5) is 5.69 Å². The molecule has 0 radical (unpaired) electrons. The van der Waals surface area contributed by atoms with Crippen molar-refractivity contribution in [2.45, 2.75) is 6.92 Å². The molecule has 3 aromatic rings. The summed E-state index contributed by atoms with van der Waals surface area (Å²) in [6, 6.07) is 22.4. The first-order valence-electron chi connectivity index (χ1n) is 10.5. The number of hydrogen-bond donors (Lipinski definition) is 0. The average molecular weight is 411 g/mol. The topological polar surface area (TPSA) is 34.1 Å². The van der Waals surface area contributed by atoms with Crippen LogP contribution in [0.2, 0.25) is 0 Å². The smallest absolute Gasteiger partial charge is 0.162 e. The molecular formula is C27H26N2O2. The van der Waals surface area contributed by atoms with E-state index in [1.807, 2.05) is 48.5 Å². The zero-order valence-electron chi connectivity index (χ0n) is 18.2. The van der Waals surface area contributed by atoms with E-state index in [9.17, 15) is 0 Å². The van der Waals surface area contributed by atoms with E-state index in [4.69, 9.17) is 14.5 Å². The molecule has 0 saturated carbocycles. The number of ether oxygens (including phenoxy) is 2. The van der Waals surface area contributed by atoms with Gasteiger partial charge in [-0.3, -0.25) is 4.99 Å². The second-order valence-corrected chi connectivity index (χ2v) is 7.23. The van der Waals surface area contributed by atoms with Crippen LogP contribution in [0.25, 0.3) is 0 Å². The largest absolute Gasteiger partial charge is 0.493 e. The average Bonchev–Trinajstić information content (AvgIpc) is 3.01. The van der Waals surface area contributed by atoms with E-state index in [0.29, 0.717) is 5.75 Å². The van der Waals surface area contributed by atoms with Crippen molar-refractivity contribution in [3.63, 3.8) is 0 Å². The van der Waals surface area contributed by atoms with Crippen molar-refractivity contribution in [1.29, 1.82) is 0 Å². The number of likely N-dealkylation sites (N-methyl/N-ethyl adjacent to an activating group) is 1. The van der Waals surface area contributed by atoms with Crippen LogP contribution in [0.1, 0.15) is 29.2 Å². The molecule has 31 heavy (non-hydrogen) atoms. The number of fused-ring (bicyclic) bond motifs is 1. The Bertz CT molecular complexity index is 1160. The number of hydrogen-bond acceptors (Lipinski definition) is 4. The minimum atomic E-state index is 0.701. The highest BCUT2D eigenvalue weighted by Crippen LogP contribution is 2.37. The Kier molecular flexibility index (Phi) is 6.24. The third-order valence-electron chi connectivity index (χ3n) is 5.38. The summed E-state index contributed by atoms with van der Waals surface area (Å²) in [7, 11) is 3.33. The maximum absolute atomic E-state index is 5.59. The van der Waals surface area contributed by atoms with Gasteiger partial charge in [-0.2, -0.15) is 0 Å². The summed E-state index contributed by atoms with van der Waals surface area (Å²) in [4.78, 5) is 7.28. The summed E-state index contributed by atoms with van der Waals surface area (Å²) in [5, 5.41) is 0. The molecule has 0 amide bonds. The molecule has 1 aliphatic rings. The Balaban J connectivity index is 1.78. The summed E-state index contributed by atoms with van der Waals surface area (Å²) in [6.07, 6.45) is 0.